The second-order valence-corrected chi connectivity index (χ2v) is 19.8. The Kier molecular flexibility index (Phi) is 13.3. The number of carbonyl (C=O) groups is 3. The Morgan fingerprint density at radius 1 is 0.862 bits per heavy atom. The van der Waals surface area contributed by atoms with Crippen molar-refractivity contribution in [2.75, 3.05) is 17.6 Å². The lowest BCUT2D eigenvalue weighted by Crippen LogP contribution is -2.32. The Hall–Kier alpha value is -4.24. The first-order valence-electron chi connectivity index (χ1n) is 18.4. The molecule has 1 unspecified atom stereocenters. The van der Waals surface area contributed by atoms with Crippen molar-refractivity contribution in [3.05, 3.63) is 82.6 Å². The number of fused-ring (bicyclic) bond motifs is 2. The highest BCUT2D eigenvalue weighted by molar-refractivity contribution is 7.86. The number of unbranched alkanes of at least 4 members (excludes halogenated alkanes) is 3. The molecule has 0 aromatic heterocycles. The maximum Gasteiger partial charge on any atom is 0.333 e. The summed E-state index contributed by atoms with van der Waals surface area (Å²) in [5.74, 6) is -2.33. The summed E-state index contributed by atoms with van der Waals surface area (Å²) >= 11 is 6.38. The summed E-state index contributed by atoms with van der Waals surface area (Å²) in [6, 6.07) is 6.78. The van der Waals surface area contributed by atoms with Crippen LogP contribution in [0.4, 0.5) is 11.4 Å². The van der Waals surface area contributed by atoms with Gasteiger partial charge in [0.1, 0.15) is 6.54 Å². The Morgan fingerprint density at radius 2 is 1.52 bits per heavy atom. The van der Waals surface area contributed by atoms with E-state index in [2.05, 4.69) is 5.32 Å². The van der Waals surface area contributed by atoms with Gasteiger partial charge in [0, 0.05) is 54.5 Å². The van der Waals surface area contributed by atoms with Crippen LogP contribution in [0.15, 0.2) is 76.2 Å². The van der Waals surface area contributed by atoms with Gasteiger partial charge in [-0.3, -0.25) is 23.2 Å². The molecule has 16 nitrogen and oxygen atoms in total. The first-order chi connectivity index (χ1) is 26.9. The van der Waals surface area contributed by atoms with Crippen LogP contribution in [-0.2, 0) is 60.4 Å². The number of nitrogens with zero attached hydrogens (tertiary/aromatic N) is 2. The second kappa shape index (κ2) is 17.2. The van der Waals surface area contributed by atoms with E-state index in [1.54, 1.807) is 30.4 Å². The van der Waals surface area contributed by atoms with Gasteiger partial charge in [-0.05, 0) is 62.1 Å². The molecule has 2 aromatic carbocycles. The van der Waals surface area contributed by atoms with Crippen LogP contribution in [0.1, 0.15) is 89.7 Å². The fourth-order valence-corrected chi connectivity index (χ4v) is 9.32. The lowest BCUT2D eigenvalue weighted by Gasteiger charge is -2.23. The quantitative estimate of drug-likeness (QED) is 0.0482. The van der Waals surface area contributed by atoms with E-state index in [0.717, 1.165) is 11.8 Å². The van der Waals surface area contributed by atoms with Gasteiger partial charge in [0.15, 0.2) is 5.71 Å². The monoisotopic (exact) mass is 882 g/mol. The molecule has 2 aromatic rings. The number of hydroxylamine groups is 2. The van der Waals surface area contributed by atoms with Crippen molar-refractivity contribution >= 4 is 76.8 Å². The average molecular weight is 883 g/mol. The van der Waals surface area contributed by atoms with Crippen LogP contribution in [0, 0.1) is 0 Å². The van der Waals surface area contributed by atoms with Crippen molar-refractivity contribution in [2.45, 2.75) is 99.2 Å². The third kappa shape index (κ3) is 10.1. The molecule has 0 aliphatic carbocycles. The number of carbonyl (C=O) groups excluding carboxylic acids is 3. The van der Waals surface area contributed by atoms with Crippen molar-refractivity contribution in [1.29, 1.82) is 0 Å². The molecular weight excluding hydrogens is 838 g/mol. The molecule has 1 atom stereocenters. The van der Waals surface area contributed by atoms with Crippen LogP contribution in [0.3, 0.4) is 0 Å². The van der Waals surface area contributed by atoms with Crippen LogP contribution < -0.4 is 5.32 Å². The number of benzene rings is 2. The van der Waals surface area contributed by atoms with Crippen molar-refractivity contribution in [1.82, 2.24) is 5.06 Å². The van der Waals surface area contributed by atoms with Gasteiger partial charge in [-0.25, -0.2) is 4.79 Å². The molecule has 0 saturated carbocycles. The van der Waals surface area contributed by atoms with Gasteiger partial charge in [-0.1, -0.05) is 56.5 Å². The molecular formula is C38H45ClN3O13S3+. The van der Waals surface area contributed by atoms with E-state index in [9.17, 15) is 53.3 Å². The third-order valence-corrected chi connectivity index (χ3v) is 13.3. The normalized spacial score (nSPS) is 20.1. The Bertz CT molecular complexity index is 2480. The SMILES string of the molecule is CC1(CCCCCC(=O)ON2C(=O)CCC2=O)C(/C=C/C=C/C=C2/Nc3c(Cl)cc(S(=O)(=O)O)cc3C2(C)C)=[N+](CCCCS(=O)(=O)O)c2ccc(S(=O)(=O)O)cc21. The molecule has 0 bridgehead atoms. The summed E-state index contributed by atoms with van der Waals surface area (Å²) in [7, 11) is -13.3. The van der Waals surface area contributed by atoms with Gasteiger partial charge in [-0.15, -0.1) is 5.06 Å². The standard InChI is InChI=1S/C38H44ClN3O13S3/c1-37(2)28-23-26(58(52,53)54)24-29(39)36(28)40-31(37)12-6-4-7-13-32-38(3,19-9-5-8-14-35(45)55-42-33(43)17-18-34(42)44)27-22-25(57(49,50)51)15-16-30(27)41(32)20-10-11-21-56(46,47)48/h4,6-7,12-13,15-16,22-24H,5,8-11,14,17-21H2,1-3H3,(H3,46,47,48,49,50,51,52,53,54)/p+1. The molecule has 0 radical (unpaired) electrons. The number of rotatable bonds is 17. The summed E-state index contributed by atoms with van der Waals surface area (Å²) in [4.78, 5) is 40.4. The molecule has 4 N–H and O–H groups in total. The van der Waals surface area contributed by atoms with Gasteiger partial charge in [-0.2, -0.15) is 29.8 Å². The van der Waals surface area contributed by atoms with Crippen LogP contribution in [0.2, 0.25) is 5.02 Å². The number of amides is 2. The van der Waals surface area contributed by atoms with E-state index in [0.29, 0.717) is 71.9 Å². The second-order valence-electron chi connectivity index (χ2n) is 15.0. The maximum absolute atomic E-state index is 12.4. The van der Waals surface area contributed by atoms with E-state index in [1.165, 1.54) is 18.2 Å². The highest BCUT2D eigenvalue weighted by atomic mass is 35.5. The molecule has 1 fully saturated rings. The third-order valence-electron chi connectivity index (χ3n) is 10.5. The fraction of sp³-hybridized carbons (Fsp3) is 0.421. The predicted molar refractivity (Wildman–Crippen MR) is 214 cm³/mol. The molecule has 5 rings (SSSR count). The fourth-order valence-electron chi connectivity index (χ4n) is 7.38. The number of nitrogens with one attached hydrogen (secondary N) is 1. The van der Waals surface area contributed by atoms with Crippen LogP contribution in [-0.4, -0.2) is 84.3 Å². The molecule has 20 heteroatoms. The minimum atomic E-state index is -4.60. The van der Waals surface area contributed by atoms with Crippen molar-refractivity contribution in [2.24, 2.45) is 0 Å². The average Bonchev–Trinajstić information content (AvgIpc) is 3.66. The molecule has 1 saturated heterocycles. The van der Waals surface area contributed by atoms with E-state index in [-0.39, 0.29) is 40.5 Å². The number of allylic oxidation sites excluding steroid dienone is 6. The maximum atomic E-state index is 12.4. The number of anilines is 1. The molecule has 3 heterocycles. The van der Waals surface area contributed by atoms with E-state index in [4.69, 9.17) is 16.4 Å². The van der Waals surface area contributed by atoms with Crippen molar-refractivity contribution in [3.8, 4) is 0 Å². The zero-order valence-electron chi connectivity index (χ0n) is 32.0. The molecule has 3 aliphatic rings. The Balaban J connectivity index is 1.42. The van der Waals surface area contributed by atoms with Crippen molar-refractivity contribution in [3.63, 3.8) is 0 Å². The summed E-state index contributed by atoms with van der Waals surface area (Å²) in [5.41, 5.74) is 2.12. The first-order valence-corrected chi connectivity index (χ1v) is 23.2. The first kappa shape index (κ1) is 44.9. The number of imide groups is 1. The molecule has 2 amide bonds. The van der Waals surface area contributed by atoms with Gasteiger partial charge in [0.05, 0.1) is 31.7 Å². The van der Waals surface area contributed by atoms with Crippen LogP contribution >= 0.6 is 11.6 Å². The van der Waals surface area contributed by atoms with Crippen LogP contribution in [0.25, 0.3) is 0 Å². The smallest absolute Gasteiger partial charge is 0.333 e. The molecule has 58 heavy (non-hydrogen) atoms. The largest absolute Gasteiger partial charge is 0.357 e. The topological polar surface area (TPSA) is 242 Å². The molecule has 3 aliphatic heterocycles. The van der Waals surface area contributed by atoms with Gasteiger partial charge in [0.2, 0.25) is 5.69 Å². The number of hydrogen-bond donors (Lipinski definition) is 4. The van der Waals surface area contributed by atoms with Crippen molar-refractivity contribution < 1.29 is 62.7 Å². The van der Waals surface area contributed by atoms with Gasteiger partial charge in [0.25, 0.3) is 42.2 Å². The van der Waals surface area contributed by atoms with E-state index < -0.39 is 64.7 Å². The lowest BCUT2D eigenvalue weighted by molar-refractivity contribution is -0.438. The highest BCUT2D eigenvalue weighted by Crippen LogP contribution is 2.48. The number of hydrogen-bond acceptors (Lipinski definition) is 11. The predicted octanol–water partition coefficient (Wildman–Crippen LogP) is 5.82. The zero-order chi connectivity index (χ0) is 42.8. The molecule has 0 spiro atoms. The minimum absolute atomic E-state index is 0.0218. The van der Waals surface area contributed by atoms with E-state index in [1.807, 2.05) is 31.4 Å². The van der Waals surface area contributed by atoms with E-state index >= 15 is 0 Å². The Labute approximate surface area is 342 Å². The molecule has 314 valence electrons. The number of halogens is 1. The van der Waals surface area contributed by atoms with Gasteiger partial charge >= 0.3 is 5.97 Å². The summed E-state index contributed by atoms with van der Waals surface area (Å²) in [6.45, 7) is 5.93. The highest BCUT2D eigenvalue weighted by Gasteiger charge is 2.48. The van der Waals surface area contributed by atoms with Gasteiger partial charge < -0.3 is 10.2 Å². The summed E-state index contributed by atoms with van der Waals surface area (Å²) < 4.78 is 102. The summed E-state index contributed by atoms with van der Waals surface area (Å²) in [6.07, 6.45) is 11.1. The zero-order valence-corrected chi connectivity index (χ0v) is 35.2. The van der Waals surface area contributed by atoms with Crippen LogP contribution in [0.5, 0.6) is 0 Å². The Morgan fingerprint density at radius 3 is 2.16 bits per heavy atom. The summed E-state index contributed by atoms with van der Waals surface area (Å²) in [5, 5.41) is 3.84. The lowest BCUT2D eigenvalue weighted by atomic mass is 9.75. The minimum Gasteiger partial charge on any atom is -0.357 e.